The van der Waals surface area contributed by atoms with Crippen LogP contribution in [0.5, 0.6) is 0 Å². The first-order valence-corrected chi connectivity index (χ1v) is 9.21. The minimum atomic E-state index is 0.00939. The minimum absolute atomic E-state index is 0.00939. The van der Waals surface area contributed by atoms with Crippen molar-refractivity contribution in [3.8, 4) is 0 Å². The number of aryl methyl sites for hydroxylation is 2. The Hall–Kier alpha value is -2.48. The van der Waals surface area contributed by atoms with Crippen LogP contribution in [0.25, 0.3) is 11.0 Å². The molecule has 7 nitrogen and oxygen atoms in total. The smallest absolute Gasteiger partial charge is 0.229 e. The van der Waals surface area contributed by atoms with Gasteiger partial charge in [0.2, 0.25) is 17.0 Å². The fourth-order valence-corrected chi connectivity index (χ4v) is 3.91. The molecule has 0 radical (unpaired) electrons. The van der Waals surface area contributed by atoms with Crippen LogP contribution < -0.4 is 10.2 Å². The van der Waals surface area contributed by atoms with Gasteiger partial charge in [-0.1, -0.05) is 23.5 Å². The van der Waals surface area contributed by atoms with Gasteiger partial charge in [-0.05, 0) is 31.9 Å². The summed E-state index contributed by atoms with van der Waals surface area (Å²) in [6, 6.07) is 8.14. The van der Waals surface area contributed by atoms with Crippen molar-refractivity contribution in [1.82, 2.24) is 19.7 Å². The molecular weight excluding hydrogens is 336 g/mol. The van der Waals surface area contributed by atoms with Gasteiger partial charge in [-0.15, -0.1) is 10.2 Å². The molecule has 1 aliphatic heterocycles. The molecule has 0 bridgehead atoms. The summed E-state index contributed by atoms with van der Waals surface area (Å²) in [5, 5.41) is 12.2. The lowest BCUT2D eigenvalue weighted by molar-refractivity contribution is -0.120. The number of nitrogens with one attached hydrogen (secondary N) is 1. The largest absolute Gasteiger partial charge is 0.342 e. The van der Waals surface area contributed by atoms with E-state index >= 15 is 0 Å². The molecule has 1 amide bonds. The van der Waals surface area contributed by atoms with E-state index < -0.39 is 0 Å². The number of para-hydroxylation sites is 2. The zero-order chi connectivity index (χ0) is 17.4. The highest BCUT2D eigenvalue weighted by Gasteiger charge is 2.27. The highest BCUT2D eigenvalue weighted by molar-refractivity contribution is 7.15. The summed E-state index contributed by atoms with van der Waals surface area (Å²) in [5.41, 5.74) is 2.13. The van der Waals surface area contributed by atoms with Crippen molar-refractivity contribution in [2.24, 2.45) is 13.0 Å². The van der Waals surface area contributed by atoms with Gasteiger partial charge in [-0.3, -0.25) is 4.79 Å². The third-order valence-electron chi connectivity index (χ3n) is 4.67. The Morgan fingerprint density at radius 1 is 1.24 bits per heavy atom. The van der Waals surface area contributed by atoms with Crippen LogP contribution in [0.4, 0.5) is 11.1 Å². The second-order valence-electron chi connectivity index (χ2n) is 6.34. The van der Waals surface area contributed by atoms with E-state index in [0.29, 0.717) is 5.13 Å². The minimum Gasteiger partial charge on any atom is -0.342 e. The summed E-state index contributed by atoms with van der Waals surface area (Å²) >= 11 is 1.40. The Labute approximate surface area is 149 Å². The van der Waals surface area contributed by atoms with E-state index in [4.69, 9.17) is 4.98 Å². The summed E-state index contributed by atoms with van der Waals surface area (Å²) in [5.74, 6) is 1.02. The fraction of sp³-hybridized carbons (Fsp3) is 0.412. The highest BCUT2D eigenvalue weighted by Crippen LogP contribution is 2.26. The molecule has 1 aliphatic rings. The van der Waals surface area contributed by atoms with E-state index in [0.717, 1.165) is 47.9 Å². The van der Waals surface area contributed by atoms with Gasteiger partial charge in [-0.2, -0.15) is 0 Å². The molecular formula is C17H20N6OS. The third kappa shape index (κ3) is 3.09. The molecule has 0 saturated carbocycles. The van der Waals surface area contributed by atoms with Gasteiger partial charge in [0.15, 0.2) is 0 Å². The molecule has 0 aliphatic carbocycles. The van der Waals surface area contributed by atoms with Crippen molar-refractivity contribution in [1.29, 1.82) is 0 Å². The zero-order valence-corrected chi connectivity index (χ0v) is 15.1. The summed E-state index contributed by atoms with van der Waals surface area (Å²) in [6.07, 6.45) is 1.62. The van der Waals surface area contributed by atoms with Crippen LogP contribution in [-0.2, 0) is 11.8 Å². The Morgan fingerprint density at radius 3 is 2.68 bits per heavy atom. The molecule has 3 aromatic rings. The molecule has 0 spiro atoms. The lowest BCUT2D eigenvalue weighted by Gasteiger charge is -2.31. The van der Waals surface area contributed by atoms with Gasteiger partial charge >= 0.3 is 0 Å². The first-order valence-electron chi connectivity index (χ1n) is 8.39. The van der Waals surface area contributed by atoms with Crippen LogP contribution in [0.15, 0.2) is 24.3 Å². The van der Waals surface area contributed by atoms with Crippen LogP contribution in [0.1, 0.15) is 17.8 Å². The molecule has 8 heteroatoms. The van der Waals surface area contributed by atoms with Crippen molar-refractivity contribution in [2.45, 2.75) is 19.8 Å². The predicted molar refractivity (Wildman–Crippen MR) is 98.9 cm³/mol. The van der Waals surface area contributed by atoms with Gasteiger partial charge < -0.3 is 14.8 Å². The van der Waals surface area contributed by atoms with Crippen molar-refractivity contribution in [2.75, 3.05) is 23.3 Å². The number of hydrogen-bond acceptors (Lipinski definition) is 6. The topological polar surface area (TPSA) is 75.9 Å². The number of rotatable bonds is 3. The Kier molecular flexibility index (Phi) is 4.12. The van der Waals surface area contributed by atoms with Crippen molar-refractivity contribution < 1.29 is 4.79 Å². The van der Waals surface area contributed by atoms with E-state index in [9.17, 15) is 4.79 Å². The molecule has 3 heterocycles. The molecule has 0 unspecified atom stereocenters. The summed E-state index contributed by atoms with van der Waals surface area (Å²) < 4.78 is 2.12. The number of piperidine rings is 1. The lowest BCUT2D eigenvalue weighted by Crippen LogP contribution is -2.39. The number of carbonyl (C=O) groups is 1. The Bertz CT molecular complexity index is 909. The second kappa shape index (κ2) is 6.44. The van der Waals surface area contributed by atoms with Gasteiger partial charge in [0.25, 0.3) is 0 Å². The van der Waals surface area contributed by atoms with Crippen molar-refractivity contribution in [3.63, 3.8) is 0 Å². The summed E-state index contributed by atoms with van der Waals surface area (Å²) in [7, 11) is 2.04. The fourth-order valence-electron chi connectivity index (χ4n) is 3.31. The van der Waals surface area contributed by atoms with Gasteiger partial charge in [-0.25, -0.2) is 4.98 Å². The number of imidazole rings is 1. The molecule has 1 N–H and O–H groups in total. The molecule has 1 fully saturated rings. The summed E-state index contributed by atoms with van der Waals surface area (Å²) in [4.78, 5) is 19.4. The number of fused-ring (bicyclic) bond motifs is 1. The van der Waals surface area contributed by atoms with Crippen LogP contribution in [0, 0.1) is 12.8 Å². The van der Waals surface area contributed by atoms with Crippen molar-refractivity contribution in [3.05, 3.63) is 29.3 Å². The Balaban J connectivity index is 1.42. The first-order chi connectivity index (χ1) is 12.1. The maximum absolute atomic E-state index is 12.4. The van der Waals surface area contributed by atoms with Crippen molar-refractivity contribution >= 4 is 39.4 Å². The van der Waals surface area contributed by atoms with E-state index in [2.05, 4.69) is 31.0 Å². The second-order valence-corrected chi connectivity index (χ2v) is 7.52. The number of hydrogen-bond donors (Lipinski definition) is 1. The number of benzene rings is 1. The SMILES string of the molecule is Cc1nnc(NC(=O)C2CCN(c3nc4ccccc4n3C)CC2)s1. The van der Waals surface area contributed by atoms with E-state index in [-0.39, 0.29) is 11.8 Å². The standard InChI is InChI=1S/C17H20N6OS/c1-11-20-21-16(25-11)19-15(24)12-7-9-23(10-8-12)17-18-13-5-3-4-6-14(13)22(17)2/h3-6,12H,7-10H2,1-2H3,(H,19,21,24). The molecule has 1 saturated heterocycles. The highest BCUT2D eigenvalue weighted by atomic mass is 32.1. The number of amides is 1. The van der Waals surface area contributed by atoms with Crippen LogP contribution in [0.3, 0.4) is 0 Å². The van der Waals surface area contributed by atoms with Gasteiger partial charge in [0, 0.05) is 26.1 Å². The third-order valence-corrected chi connectivity index (χ3v) is 5.42. The number of aromatic nitrogens is 4. The number of carbonyl (C=O) groups excluding carboxylic acids is 1. The molecule has 1 aromatic carbocycles. The predicted octanol–water partition coefficient (Wildman–Crippen LogP) is 2.59. The van der Waals surface area contributed by atoms with Crippen LogP contribution in [0.2, 0.25) is 0 Å². The van der Waals surface area contributed by atoms with Crippen LogP contribution >= 0.6 is 11.3 Å². The van der Waals surface area contributed by atoms with Crippen LogP contribution in [-0.4, -0.2) is 38.7 Å². The quantitative estimate of drug-likeness (QED) is 0.781. The molecule has 0 atom stereocenters. The molecule has 130 valence electrons. The van der Waals surface area contributed by atoms with E-state index in [1.165, 1.54) is 11.3 Å². The lowest BCUT2D eigenvalue weighted by atomic mass is 9.96. The summed E-state index contributed by atoms with van der Waals surface area (Å²) in [6.45, 7) is 3.53. The van der Waals surface area contributed by atoms with E-state index in [1.54, 1.807) is 0 Å². The van der Waals surface area contributed by atoms with Gasteiger partial charge in [0.05, 0.1) is 11.0 Å². The maximum atomic E-state index is 12.4. The number of anilines is 2. The molecule has 2 aromatic heterocycles. The average Bonchev–Trinajstić information content (AvgIpc) is 3.19. The molecule has 25 heavy (non-hydrogen) atoms. The molecule has 4 rings (SSSR count). The Morgan fingerprint density at radius 2 is 2.00 bits per heavy atom. The van der Waals surface area contributed by atoms with Gasteiger partial charge in [0.1, 0.15) is 5.01 Å². The number of nitrogens with zero attached hydrogens (tertiary/aromatic N) is 5. The normalized spacial score (nSPS) is 15.7. The maximum Gasteiger partial charge on any atom is 0.229 e. The zero-order valence-electron chi connectivity index (χ0n) is 14.3. The average molecular weight is 356 g/mol. The monoisotopic (exact) mass is 356 g/mol. The van der Waals surface area contributed by atoms with E-state index in [1.807, 2.05) is 32.2 Å². The first kappa shape index (κ1) is 16.0.